The Kier molecular flexibility index (Phi) is 10.7. The first-order chi connectivity index (χ1) is 26.7. The van der Waals surface area contributed by atoms with Crippen LogP contribution in [-0.4, -0.2) is 71.4 Å². The Balaban J connectivity index is 1.88. The molecule has 1 aliphatic rings. The molecule has 0 amide bonds. The Hall–Kier alpha value is -4.45. The molecule has 1 aromatic heterocycles. The summed E-state index contributed by atoms with van der Waals surface area (Å²) >= 11 is 0. The smallest absolute Gasteiger partial charge is 0.311 e. The number of esters is 4. The molecular formula is C41H56N2O10. The number of hydrogen-bond acceptors (Lipinski definition) is 11. The van der Waals surface area contributed by atoms with Gasteiger partial charge in [0.05, 0.1) is 32.6 Å². The molecule has 4 rings (SSSR count). The van der Waals surface area contributed by atoms with E-state index in [1.165, 1.54) is 55.4 Å². The summed E-state index contributed by atoms with van der Waals surface area (Å²) in [5.41, 5.74) is -2.73. The predicted octanol–water partition coefficient (Wildman–Crippen LogP) is 6.91. The Bertz CT molecular complexity index is 1870. The third-order valence-corrected chi connectivity index (χ3v) is 8.31. The van der Waals surface area contributed by atoms with Gasteiger partial charge < -0.3 is 28.4 Å². The van der Waals surface area contributed by atoms with Gasteiger partial charge in [-0.05, 0) is 113 Å². The highest BCUT2D eigenvalue weighted by Gasteiger charge is 2.56. The lowest BCUT2D eigenvalue weighted by atomic mass is 9.93. The van der Waals surface area contributed by atoms with Crippen molar-refractivity contribution in [2.45, 2.75) is 127 Å². The number of ether oxygens (including phenoxy) is 6. The minimum atomic E-state index is -1.69. The van der Waals surface area contributed by atoms with Gasteiger partial charge in [0.25, 0.3) is 0 Å². The van der Waals surface area contributed by atoms with Crippen LogP contribution >= 0.6 is 0 Å². The summed E-state index contributed by atoms with van der Waals surface area (Å²) < 4.78 is 68.6. The SMILES string of the molecule is [2H]CC(C)(C)C(=O)OC[C@H]1OC(Oc2n[nH]c3cccc(CCc4ccccc4)c23)[C@H](OC(=O)C(C)(C)C[2H])[C@@H](OC(=O)C(C)(C)C[2H])[C@@H]1OC(=O)C(C)(C)C[2H]. The lowest BCUT2D eigenvalue weighted by Gasteiger charge is -2.45. The second kappa shape index (κ2) is 15.9. The first-order valence-electron chi connectivity index (χ1n) is 20.3. The molecule has 0 aliphatic carbocycles. The van der Waals surface area contributed by atoms with E-state index in [0.29, 0.717) is 23.7 Å². The summed E-state index contributed by atoms with van der Waals surface area (Å²) in [6.45, 7) is 9.95. The molecule has 0 saturated carbocycles. The van der Waals surface area contributed by atoms with Crippen molar-refractivity contribution in [3.63, 3.8) is 0 Å². The Morgan fingerprint density at radius 3 is 1.83 bits per heavy atom. The molecule has 0 spiro atoms. The van der Waals surface area contributed by atoms with Gasteiger partial charge in [-0.15, -0.1) is 5.10 Å². The van der Waals surface area contributed by atoms with Crippen LogP contribution in [0.2, 0.25) is 0 Å². The van der Waals surface area contributed by atoms with E-state index in [-0.39, 0.29) is 26.6 Å². The summed E-state index contributed by atoms with van der Waals surface area (Å²) in [7, 11) is 0. The van der Waals surface area contributed by atoms with E-state index in [1.54, 1.807) is 0 Å². The van der Waals surface area contributed by atoms with Crippen LogP contribution in [0.15, 0.2) is 48.5 Å². The van der Waals surface area contributed by atoms with Crippen LogP contribution in [0, 0.1) is 21.7 Å². The summed E-state index contributed by atoms with van der Waals surface area (Å²) in [4.78, 5) is 54.5. The van der Waals surface area contributed by atoms with Crippen LogP contribution in [0.1, 0.15) is 99.6 Å². The number of nitrogens with one attached hydrogen (secondary N) is 1. The summed E-state index contributed by atoms with van der Waals surface area (Å²) in [6.07, 6.45) is -6.76. The summed E-state index contributed by atoms with van der Waals surface area (Å²) in [5.74, 6) is -3.37. The molecule has 12 nitrogen and oxygen atoms in total. The van der Waals surface area contributed by atoms with Gasteiger partial charge in [0.1, 0.15) is 12.7 Å². The van der Waals surface area contributed by atoms with E-state index < -0.39 is 89.7 Å². The third-order valence-electron chi connectivity index (χ3n) is 8.31. The molecule has 2 aromatic carbocycles. The molecule has 1 N–H and O–H groups in total. The fourth-order valence-electron chi connectivity index (χ4n) is 5.15. The van der Waals surface area contributed by atoms with Crippen LogP contribution in [-0.2, 0) is 55.7 Å². The second-order valence-corrected chi connectivity index (χ2v) is 16.3. The van der Waals surface area contributed by atoms with E-state index in [2.05, 4.69) is 10.2 Å². The maximum atomic E-state index is 13.8. The molecule has 0 radical (unpaired) electrons. The number of nitrogens with zero attached hydrogens (tertiary/aromatic N) is 1. The molecule has 1 aliphatic heterocycles. The third kappa shape index (κ3) is 10.6. The lowest BCUT2D eigenvalue weighted by Crippen LogP contribution is -2.65. The summed E-state index contributed by atoms with van der Waals surface area (Å²) in [6, 6.07) is 15.5. The van der Waals surface area contributed by atoms with Crippen molar-refractivity contribution in [3.05, 3.63) is 59.7 Å². The Morgan fingerprint density at radius 2 is 1.25 bits per heavy atom. The quantitative estimate of drug-likeness (QED) is 0.170. The van der Waals surface area contributed by atoms with Gasteiger partial charge >= 0.3 is 23.9 Å². The predicted molar refractivity (Wildman–Crippen MR) is 198 cm³/mol. The topological polar surface area (TPSA) is 152 Å². The van der Waals surface area contributed by atoms with E-state index in [4.69, 9.17) is 33.9 Å². The molecule has 0 bridgehead atoms. The molecule has 12 heteroatoms. The van der Waals surface area contributed by atoms with Gasteiger partial charge in [0.2, 0.25) is 18.3 Å². The molecule has 1 fully saturated rings. The summed E-state index contributed by atoms with van der Waals surface area (Å²) in [5, 5.41) is 8.00. The number of rotatable bonds is 10. The zero-order valence-electron chi connectivity index (χ0n) is 36.0. The van der Waals surface area contributed by atoms with Gasteiger partial charge in [-0.1, -0.05) is 42.5 Å². The van der Waals surface area contributed by atoms with Gasteiger partial charge in [-0.3, -0.25) is 24.3 Å². The van der Waals surface area contributed by atoms with Crippen molar-refractivity contribution in [1.29, 1.82) is 0 Å². The highest BCUT2D eigenvalue weighted by molar-refractivity contribution is 5.87. The standard InChI is InChI=1S/C41H56N2O10/c1-38(2,3)34(44)48-23-27-29(50-35(45)39(4,5)6)30(51-36(46)40(7,8)9)31(52-37(47)41(10,11)12)33(49-27)53-32-28-25(19-16-20-26(28)42-43-32)22-21-24-17-14-13-15-18-24/h13-20,27,29-31,33H,21-23H2,1-12H3,(H,42,43)/t27-,29-,30+,31-,33?/m1/s1/i1D,4D,7D,10D. The van der Waals surface area contributed by atoms with Crippen molar-refractivity contribution < 1.29 is 53.1 Å². The molecule has 1 saturated heterocycles. The van der Waals surface area contributed by atoms with Crippen LogP contribution in [0.3, 0.4) is 0 Å². The zero-order chi connectivity index (χ0) is 42.3. The fraction of sp³-hybridized carbons (Fsp3) is 0.585. The maximum Gasteiger partial charge on any atom is 0.311 e. The molecule has 53 heavy (non-hydrogen) atoms. The molecule has 5 atom stereocenters. The van der Waals surface area contributed by atoms with Crippen molar-refractivity contribution in [2.75, 3.05) is 6.61 Å². The normalized spacial score (nSPS) is 22.1. The number of fused-ring (bicyclic) bond motifs is 1. The Morgan fingerprint density at radius 1 is 0.698 bits per heavy atom. The number of benzene rings is 2. The fourth-order valence-corrected chi connectivity index (χ4v) is 5.15. The number of aromatic amines is 1. The van der Waals surface area contributed by atoms with Gasteiger partial charge in [0, 0.05) is 5.48 Å². The Labute approximate surface area is 318 Å². The highest BCUT2D eigenvalue weighted by atomic mass is 16.7. The largest absolute Gasteiger partial charge is 0.462 e. The number of carbonyl (C=O) groups is 4. The first-order valence-corrected chi connectivity index (χ1v) is 17.5. The highest BCUT2D eigenvalue weighted by Crippen LogP contribution is 2.37. The number of aryl methyl sites for hydroxylation is 2. The molecule has 3 aromatic rings. The minimum Gasteiger partial charge on any atom is -0.462 e. The van der Waals surface area contributed by atoms with Crippen LogP contribution in [0.25, 0.3) is 10.9 Å². The molecule has 1 unspecified atom stereocenters. The van der Waals surface area contributed by atoms with E-state index in [0.717, 1.165) is 11.1 Å². The monoisotopic (exact) mass is 740 g/mol. The van der Waals surface area contributed by atoms with Crippen molar-refractivity contribution in [2.24, 2.45) is 21.7 Å². The van der Waals surface area contributed by atoms with Gasteiger partial charge in [-0.2, -0.15) is 0 Å². The van der Waals surface area contributed by atoms with E-state index in [9.17, 15) is 19.2 Å². The average molecular weight is 741 g/mol. The van der Waals surface area contributed by atoms with Gasteiger partial charge in [0.15, 0.2) is 12.2 Å². The number of carbonyl (C=O) groups excluding carboxylic acids is 4. The number of aromatic nitrogens is 2. The molecular weight excluding hydrogens is 680 g/mol. The molecule has 2 heterocycles. The van der Waals surface area contributed by atoms with Crippen molar-refractivity contribution >= 4 is 34.8 Å². The number of H-pyrrole nitrogens is 1. The second-order valence-electron chi connectivity index (χ2n) is 16.3. The van der Waals surface area contributed by atoms with Crippen LogP contribution in [0.5, 0.6) is 5.88 Å². The lowest BCUT2D eigenvalue weighted by molar-refractivity contribution is -0.294. The van der Waals surface area contributed by atoms with Gasteiger partial charge in [-0.25, -0.2) is 0 Å². The number of hydrogen-bond donors (Lipinski definition) is 1. The van der Waals surface area contributed by atoms with Crippen molar-refractivity contribution in [1.82, 2.24) is 10.2 Å². The van der Waals surface area contributed by atoms with E-state index >= 15 is 0 Å². The zero-order valence-corrected chi connectivity index (χ0v) is 32.0. The van der Waals surface area contributed by atoms with Crippen molar-refractivity contribution in [3.8, 4) is 5.88 Å². The van der Waals surface area contributed by atoms with Crippen LogP contribution in [0.4, 0.5) is 0 Å². The molecule has 290 valence electrons. The van der Waals surface area contributed by atoms with Crippen LogP contribution < -0.4 is 4.74 Å². The maximum absolute atomic E-state index is 13.8. The average Bonchev–Trinajstić information content (AvgIpc) is 3.61. The first kappa shape index (κ1) is 35.6. The minimum absolute atomic E-state index is 0.0490. The van der Waals surface area contributed by atoms with E-state index in [1.807, 2.05) is 48.5 Å².